The zero-order chi connectivity index (χ0) is 13.1. The summed E-state index contributed by atoms with van der Waals surface area (Å²) >= 11 is 0. The number of rotatable bonds is 7. The Labute approximate surface area is 111 Å². The zero-order valence-electron chi connectivity index (χ0n) is 12.1. The van der Waals surface area contributed by atoms with E-state index in [4.69, 9.17) is 0 Å². The van der Waals surface area contributed by atoms with Gasteiger partial charge in [0.05, 0.1) is 12.2 Å². The molecule has 2 fully saturated rings. The van der Waals surface area contributed by atoms with Crippen molar-refractivity contribution in [3.05, 3.63) is 0 Å². The third-order valence-electron chi connectivity index (χ3n) is 4.46. The molecule has 3 nitrogen and oxygen atoms in total. The summed E-state index contributed by atoms with van der Waals surface area (Å²) < 4.78 is 0. The van der Waals surface area contributed by atoms with Crippen LogP contribution in [0.15, 0.2) is 0 Å². The number of hydrogen-bond donors (Lipinski definition) is 1. The molecule has 4 unspecified atom stereocenters. The molecular weight excluding hydrogens is 224 g/mol. The standard InChI is InChI=1S/C15H28N2O/c1-4-7-9-12-15(18)17(13-10-11(13)6-3)14(16-12)8-5-2/h11-14,16H,4-10H2,1-3H3. The van der Waals surface area contributed by atoms with E-state index in [0.717, 1.165) is 31.6 Å². The molecule has 0 spiro atoms. The van der Waals surface area contributed by atoms with Gasteiger partial charge in [-0.25, -0.2) is 0 Å². The van der Waals surface area contributed by atoms with Gasteiger partial charge in [0.1, 0.15) is 0 Å². The predicted octanol–water partition coefficient (Wildman–Crippen LogP) is 2.90. The highest BCUT2D eigenvalue weighted by molar-refractivity contribution is 5.85. The molecule has 0 aromatic heterocycles. The van der Waals surface area contributed by atoms with E-state index in [1.807, 2.05) is 0 Å². The molecule has 0 bridgehead atoms. The third kappa shape index (κ3) is 2.71. The van der Waals surface area contributed by atoms with Crippen molar-refractivity contribution in [1.82, 2.24) is 10.2 Å². The Morgan fingerprint density at radius 3 is 2.56 bits per heavy atom. The van der Waals surface area contributed by atoms with E-state index < -0.39 is 0 Å². The predicted molar refractivity (Wildman–Crippen MR) is 74.2 cm³/mol. The van der Waals surface area contributed by atoms with Crippen molar-refractivity contribution in [2.75, 3.05) is 0 Å². The van der Waals surface area contributed by atoms with E-state index in [0.29, 0.717) is 18.1 Å². The van der Waals surface area contributed by atoms with Crippen LogP contribution in [0.4, 0.5) is 0 Å². The van der Waals surface area contributed by atoms with Crippen LogP contribution >= 0.6 is 0 Å². The van der Waals surface area contributed by atoms with Gasteiger partial charge in [0.2, 0.25) is 5.91 Å². The van der Waals surface area contributed by atoms with E-state index in [9.17, 15) is 4.79 Å². The molecule has 104 valence electrons. The Kier molecular flexibility index (Phi) is 4.66. The van der Waals surface area contributed by atoms with Crippen molar-refractivity contribution < 1.29 is 4.79 Å². The van der Waals surface area contributed by atoms with Gasteiger partial charge in [0.15, 0.2) is 0 Å². The minimum Gasteiger partial charge on any atom is -0.323 e. The van der Waals surface area contributed by atoms with E-state index in [-0.39, 0.29) is 6.04 Å². The summed E-state index contributed by atoms with van der Waals surface area (Å²) in [6.07, 6.45) is 8.33. The molecule has 1 saturated carbocycles. The Balaban J connectivity index is 1.98. The maximum Gasteiger partial charge on any atom is 0.241 e. The van der Waals surface area contributed by atoms with Gasteiger partial charge in [0.25, 0.3) is 0 Å². The van der Waals surface area contributed by atoms with Crippen LogP contribution in [-0.2, 0) is 4.79 Å². The summed E-state index contributed by atoms with van der Waals surface area (Å²) in [5.41, 5.74) is 0. The largest absolute Gasteiger partial charge is 0.323 e. The second-order valence-corrected chi connectivity index (χ2v) is 5.88. The summed E-state index contributed by atoms with van der Waals surface area (Å²) in [6.45, 7) is 6.63. The molecule has 2 aliphatic rings. The number of carbonyl (C=O) groups is 1. The second-order valence-electron chi connectivity index (χ2n) is 5.88. The van der Waals surface area contributed by atoms with Gasteiger partial charge in [0, 0.05) is 6.04 Å². The van der Waals surface area contributed by atoms with E-state index in [2.05, 4.69) is 31.0 Å². The molecule has 1 aliphatic carbocycles. The van der Waals surface area contributed by atoms with E-state index >= 15 is 0 Å². The van der Waals surface area contributed by atoms with Crippen molar-refractivity contribution in [2.45, 2.75) is 84.0 Å². The van der Waals surface area contributed by atoms with Gasteiger partial charge in [-0.1, -0.05) is 46.5 Å². The number of carbonyl (C=O) groups excluding carboxylic acids is 1. The quantitative estimate of drug-likeness (QED) is 0.755. The first-order valence-corrected chi connectivity index (χ1v) is 7.81. The third-order valence-corrected chi connectivity index (χ3v) is 4.46. The van der Waals surface area contributed by atoms with Gasteiger partial charge in [-0.2, -0.15) is 0 Å². The fraction of sp³-hybridized carbons (Fsp3) is 0.933. The molecule has 2 rings (SSSR count). The van der Waals surface area contributed by atoms with Crippen molar-refractivity contribution in [3.63, 3.8) is 0 Å². The van der Waals surface area contributed by atoms with Crippen LogP contribution in [0.25, 0.3) is 0 Å². The van der Waals surface area contributed by atoms with E-state index in [1.165, 1.54) is 19.3 Å². The molecule has 1 N–H and O–H groups in total. The normalized spacial score (nSPS) is 35.3. The van der Waals surface area contributed by atoms with Crippen LogP contribution in [0.2, 0.25) is 0 Å². The van der Waals surface area contributed by atoms with Crippen LogP contribution in [0.1, 0.15) is 65.7 Å². The highest BCUT2D eigenvalue weighted by atomic mass is 16.2. The molecule has 0 radical (unpaired) electrons. The molecule has 1 aliphatic heterocycles. The number of amides is 1. The lowest BCUT2D eigenvalue weighted by molar-refractivity contribution is -0.131. The SMILES string of the molecule is CCCCC1NC(CCC)N(C2CC2CC)C1=O. The molecule has 1 heterocycles. The lowest BCUT2D eigenvalue weighted by atomic mass is 10.1. The maximum atomic E-state index is 12.5. The van der Waals surface area contributed by atoms with Gasteiger partial charge >= 0.3 is 0 Å². The molecule has 18 heavy (non-hydrogen) atoms. The minimum atomic E-state index is 0.0969. The number of hydrogen-bond acceptors (Lipinski definition) is 2. The van der Waals surface area contributed by atoms with Crippen LogP contribution in [0, 0.1) is 5.92 Å². The Morgan fingerprint density at radius 1 is 1.22 bits per heavy atom. The zero-order valence-corrected chi connectivity index (χ0v) is 12.1. The van der Waals surface area contributed by atoms with Gasteiger partial charge in [-0.15, -0.1) is 0 Å². The molecule has 3 heteroatoms. The summed E-state index contributed by atoms with van der Waals surface area (Å²) in [7, 11) is 0. The van der Waals surface area contributed by atoms with E-state index in [1.54, 1.807) is 0 Å². The average Bonchev–Trinajstić information content (AvgIpc) is 3.07. The van der Waals surface area contributed by atoms with Crippen LogP contribution < -0.4 is 5.32 Å². The Bertz CT molecular complexity index is 292. The van der Waals surface area contributed by atoms with Gasteiger partial charge in [-0.3, -0.25) is 10.1 Å². The fourth-order valence-corrected chi connectivity index (χ4v) is 3.23. The molecule has 4 atom stereocenters. The molecule has 1 saturated heterocycles. The number of nitrogens with one attached hydrogen (secondary N) is 1. The van der Waals surface area contributed by atoms with Crippen LogP contribution in [0.5, 0.6) is 0 Å². The minimum absolute atomic E-state index is 0.0969. The van der Waals surface area contributed by atoms with Gasteiger partial charge in [-0.05, 0) is 25.2 Å². The number of unbranched alkanes of at least 4 members (excludes halogenated alkanes) is 1. The first-order valence-electron chi connectivity index (χ1n) is 7.81. The molecular formula is C15H28N2O. The van der Waals surface area contributed by atoms with Crippen molar-refractivity contribution >= 4 is 5.91 Å². The highest BCUT2D eigenvalue weighted by Crippen LogP contribution is 2.41. The Morgan fingerprint density at radius 2 is 2.00 bits per heavy atom. The smallest absolute Gasteiger partial charge is 0.241 e. The second kappa shape index (κ2) is 6.05. The lowest BCUT2D eigenvalue weighted by Gasteiger charge is -2.24. The monoisotopic (exact) mass is 252 g/mol. The van der Waals surface area contributed by atoms with Gasteiger partial charge < -0.3 is 4.90 Å². The van der Waals surface area contributed by atoms with Crippen molar-refractivity contribution in [3.8, 4) is 0 Å². The average molecular weight is 252 g/mol. The van der Waals surface area contributed by atoms with Crippen LogP contribution in [0.3, 0.4) is 0 Å². The summed E-state index contributed by atoms with van der Waals surface area (Å²) in [6, 6.07) is 0.637. The first kappa shape index (κ1) is 13.9. The summed E-state index contributed by atoms with van der Waals surface area (Å²) in [4.78, 5) is 14.7. The van der Waals surface area contributed by atoms with Crippen LogP contribution in [-0.4, -0.2) is 29.1 Å². The van der Waals surface area contributed by atoms with Crippen molar-refractivity contribution in [2.24, 2.45) is 5.92 Å². The molecule has 0 aromatic carbocycles. The lowest BCUT2D eigenvalue weighted by Crippen LogP contribution is -2.39. The van der Waals surface area contributed by atoms with Crippen molar-refractivity contribution in [1.29, 1.82) is 0 Å². The topological polar surface area (TPSA) is 32.3 Å². The Hall–Kier alpha value is -0.570. The molecule has 1 amide bonds. The summed E-state index contributed by atoms with van der Waals surface area (Å²) in [5.74, 6) is 1.14. The molecule has 0 aromatic rings. The highest BCUT2D eigenvalue weighted by Gasteiger charge is 2.50. The first-order chi connectivity index (χ1) is 8.72. The number of nitrogens with zero attached hydrogens (tertiary/aromatic N) is 1. The maximum absolute atomic E-state index is 12.5. The fourth-order valence-electron chi connectivity index (χ4n) is 3.23. The summed E-state index contributed by atoms with van der Waals surface area (Å²) in [5, 5.41) is 3.57.